The summed E-state index contributed by atoms with van der Waals surface area (Å²) in [5.74, 6) is 1.03. The molecule has 0 spiro atoms. The molecule has 0 bridgehead atoms. The minimum absolute atomic E-state index is 0.0125. The lowest BCUT2D eigenvalue weighted by Gasteiger charge is -2.34. The molecule has 0 saturated carbocycles. The van der Waals surface area contributed by atoms with Crippen molar-refractivity contribution in [3.8, 4) is 5.75 Å². The second-order valence-electron chi connectivity index (χ2n) is 10.1. The summed E-state index contributed by atoms with van der Waals surface area (Å²) in [4.78, 5) is 17.5. The lowest BCUT2D eigenvalue weighted by atomic mass is 9.81. The highest BCUT2D eigenvalue weighted by Crippen LogP contribution is 2.52. The van der Waals surface area contributed by atoms with Crippen molar-refractivity contribution in [1.29, 1.82) is 0 Å². The van der Waals surface area contributed by atoms with Crippen LogP contribution in [0.5, 0.6) is 5.75 Å². The molecule has 2 heterocycles. The number of rotatable bonds is 5. The third-order valence-corrected chi connectivity index (χ3v) is 7.43. The number of amides is 1. The quantitative estimate of drug-likeness (QED) is 0.486. The number of likely N-dealkylation sites (N-methyl/N-ethyl adjacent to an activating group) is 1. The van der Waals surface area contributed by atoms with Gasteiger partial charge in [-0.2, -0.15) is 0 Å². The van der Waals surface area contributed by atoms with Gasteiger partial charge in [0.1, 0.15) is 5.75 Å². The molecule has 3 aromatic carbocycles. The first kappa shape index (κ1) is 22.5. The average molecular weight is 456 g/mol. The van der Waals surface area contributed by atoms with Gasteiger partial charge >= 0.3 is 6.09 Å². The zero-order valence-electron chi connectivity index (χ0n) is 20.4. The summed E-state index contributed by atoms with van der Waals surface area (Å²) in [6.45, 7) is 8.61. The SMILES string of the molecule is CC(C)c1ccc(NC(=O)Oc2ccc3c(c2)C2(C)CCN(Cc4ccccc4)C2N3C)cc1. The van der Waals surface area contributed by atoms with E-state index in [1.807, 2.05) is 30.3 Å². The molecule has 2 aliphatic heterocycles. The van der Waals surface area contributed by atoms with E-state index in [1.165, 1.54) is 22.4 Å². The van der Waals surface area contributed by atoms with E-state index in [1.54, 1.807) is 0 Å². The third-order valence-electron chi connectivity index (χ3n) is 7.43. The van der Waals surface area contributed by atoms with Crippen molar-refractivity contribution in [3.63, 3.8) is 0 Å². The highest BCUT2D eigenvalue weighted by atomic mass is 16.6. The molecule has 2 unspecified atom stereocenters. The van der Waals surface area contributed by atoms with Gasteiger partial charge in [0.05, 0.1) is 6.17 Å². The van der Waals surface area contributed by atoms with E-state index >= 15 is 0 Å². The molecule has 2 atom stereocenters. The summed E-state index contributed by atoms with van der Waals surface area (Å²) in [5, 5.41) is 2.84. The van der Waals surface area contributed by atoms with Gasteiger partial charge in [-0.3, -0.25) is 10.2 Å². The van der Waals surface area contributed by atoms with E-state index in [0.29, 0.717) is 11.7 Å². The molecule has 1 N–H and O–H groups in total. The van der Waals surface area contributed by atoms with Gasteiger partial charge in [0.2, 0.25) is 0 Å². The van der Waals surface area contributed by atoms with Crippen LogP contribution in [-0.2, 0) is 12.0 Å². The highest BCUT2D eigenvalue weighted by Gasteiger charge is 2.53. The monoisotopic (exact) mass is 455 g/mol. The van der Waals surface area contributed by atoms with Crippen LogP contribution in [-0.4, -0.2) is 30.8 Å². The fourth-order valence-electron chi connectivity index (χ4n) is 5.64. The number of likely N-dealkylation sites (tertiary alicyclic amines) is 1. The van der Waals surface area contributed by atoms with Crippen LogP contribution >= 0.6 is 0 Å². The second kappa shape index (κ2) is 8.80. The number of ether oxygens (including phenoxy) is 1. The van der Waals surface area contributed by atoms with Crippen molar-refractivity contribution in [1.82, 2.24) is 4.90 Å². The lowest BCUT2D eigenvalue weighted by Crippen LogP contribution is -2.46. The zero-order valence-corrected chi connectivity index (χ0v) is 20.4. The molecule has 1 fully saturated rings. The molecule has 176 valence electrons. The molecule has 2 aliphatic rings. The Hall–Kier alpha value is -3.31. The zero-order chi connectivity index (χ0) is 23.9. The van der Waals surface area contributed by atoms with Gasteiger partial charge in [0, 0.05) is 36.9 Å². The van der Waals surface area contributed by atoms with Gasteiger partial charge in [-0.1, -0.05) is 63.2 Å². The molecule has 0 aliphatic carbocycles. The Kier molecular flexibility index (Phi) is 5.82. The topological polar surface area (TPSA) is 44.8 Å². The van der Waals surface area contributed by atoms with Gasteiger partial charge in [-0.15, -0.1) is 0 Å². The largest absolute Gasteiger partial charge is 0.417 e. The number of benzene rings is 3. The standard InChI is InChI=1S/C29H33N3O2/c1-20(2)22-10-12-23(13-11-22)30-28(33)34-24-14-15-26-25(18-24)29(3)16-17-32(27(29)31(26)4)19-21-8-6-5-7-9-21/h5-15,18,20,27H,16-17,19H2,1-4H3,(H,30,33). The van der Waals surface area contributed by atoms with E-state index in [0.717, 1.165) is 25.2 Å². The molecule has 5 heteroatoms. The Bertz CT molecular complexity index is 1180. The van der Waals surface area contributed by atoms with Crippen LogP contribution in [0.1, 0.15) is 49.8 Å². The van der Waals surface area contributed by atoms with Crippen LogP contribution < -0.4 is 15.0 Å². The number of fused-ring (bicyclic) bond motifs is 3. The summed E-state index contributed by atoms with van der Waals surface area (Å²) < 4.78 is 5.69. The van der Waals surface area contributed by atoms with Crippen molar-refractivity contribution in [2.75, 3.05) is 23.8 Å². The van der Waals surface area contributed by atoms with Crippen LogP contribution in [0.4, 0.5) is 16.2 Å². The molecular weight excluding hydrogens is 422 g/mol. The van der Waals surface area contributed by atoms with Crippen molar-refractivity contribution in [3.05, 3.63) is 89.5 Å². The van der Waals surface area contributed by atoms with Gasteiger partial charge in [-0.25, -0.2) is 4.79 Å². The fraction of sp³-hybridized carbons (Fsp3) is 0.345. The minimum Gasteiger partial charge on any atom is -0.410 e. The maximum Gasteiger partial charge on any atom is 0.417 e. The average Bonchev–Trinajstić information content (AvgIpc) is 3.26. The molecule has 0 radical (unpaired) electrons. The predicted octanol–water partition coefficient (Wildman–Crippen LogP) is 6.36. The smallest absolute Gasteiger partial charge is 0.410 e. The van der Waals surface area contributed by atoms with E-state index in [4.69, 9.17) is 4.74 Å². The Morgan fingerprint density at radius 1 is 1.09 bits per heavy atom. The molecule has 5 nitrogen and oxygen atoms in total. The minimum atomic E-state index is -0.470. The summed E-state index contributed by atoms with van der Waals surface area (Å²) in [7, 11) is 2.17. The van der Waals surface area contributed by atoms with Gasteiger partial charge in [0.15, 0.2) is 0 Å². The van der Waals surface area contributed by atoms with Gasteiger partial charge in [-0.05, 0) is 59.4 Å². The maximum absolute atomic E-state index is 12.6. The van der Waals surface area contributed by atoms with Gasteiger partial charge in [0.25, 0.3) is 0 Å². The number of nitrogens with zero attached hydrogens (tertiary/aromatic N) is 2. The third kappa shape index (κ3) is 4.05. The molecule has 34 heavy (non-hydrogen) atoms. The molecule has 5 rings (SSSR count). The maximum atomic E-state index is 12.6. The molecule has 1 amide bonds. The van der Waals surface area contributed by atoms with Crippen LogP contribution in [0.25, 0.3) is 0 Å². The Balaban J connectivity index is 1.31. The Morgan fingerprint density at radius 2 is 1.82 bits per heavy atom. The van der Waals surface area contributed by atoms with Crippen molar-refractivity contribution in [2.45, 2.75) is 51.2 Å². The summed E-state index contributed by atoms with van der Waals surface area (Å²) in [5.41, 5.74) is 5.75. The fourth-order valence-corrected chi connectivity index (χ4v) is 5.64. The Morgan fingerprint density at radius 3 is 2.53 bits per heavy atom. The first-order valence-corrected chi connectivity index (χ1v) is 12.1. The lowest BCUT2D eigenvalue weighted by molar-refractivity contribution is 0.213. The number of anilines is 2. The van der Waals surface area contributed by atoms with Crippen molar-refractivity contribution in [2.24, 2.45) is 0 Å². The summed E-state index contributed by atoms with van der Waals surface area (Å²) >= 11 is 0. The van der Waals surface area contributed by atoms with Crippen molar-refractivity contribution >= 4 is 17.5 Å². The second-order valence-corrected chi connectivity index (χ2v) is 10.1. The van der Waals surface area contributed by atoms with Crippen LogP contribution in [0.2, 0.25) is 0 Å². The van der Waals surface area contributed by atoms with Crippen LogP contribution in [0.3, 0.4) is 0 Å². The van der Waals surface area contributed by atoms with Crippen LogP contribution in [0.15, 0.2) is 72.8 Å². The number of carbonyl (C=O) groups is 1. The van der Waals surface area contributed by atoms with Crippen LogP contribution in [0, 0.1) is 0 Å². The highest BCUT2D eigenvalue weighted by molar-refractivity contribution is 5.86. The number of hydrogen-bond acceptors (Lipinski definition) is 4. The first-order chi connectivity index (χ1) is 16.3. The predicted molar refractivity (Wildman–Crippen MR) is 138 cm³/mol. The van der Waals surface area contributed by atoms with E-state index < -0.39 is 6.09 Å². The van der Waals surface area contributed by atoms with Crippen molar-refractivity contribution < 1.29 is 9.53 Å². The Labute approximate surface area is 202 Å². The molecule has 1 saturated heterocycles. The number of hydrogen-bond donors (Lipinski definition) is 1. The summed E-state index contributed by atoms with van der Waals surface area (Å²) in [6.07, 6.45) is 0.883. The van der Waals surface area contributed by atoms with E-state index in [2.05, 4.69) is 85.4 Å². The van der Waals surface area contributed by atoms with Gasteiger partial charge < -0.3 is 9.64 Å². The number of nitrogens with one attached hydrogen (secondary N) is 1. The molecular formula is C29H33N3O2. The van der Waals surface area contributed by atoms with E-state index in [9.17, 15) is 4.79 Å². The van der Waals surface area contributed by atoms with E-state index in [-0.39, 0.29) is 11.6 Å². The summed E-state index contributed by atoms with van der Waals surface area (Å²) in [6, 6.07) is 24.6. The molecule has 0 aromatic heterocycles. The number of carbonyl (C=O) groups excluding carboxylic acids is 1. The first-order valence-electron chi connectivity index (χ1n) is 12.1. The molecule has 3 aromatic rings. The normalized spacial score (nSPS) is 21.4.